The molecule has 1 aromatic rings. The van der Waals surface area contributed by atoms with Gasteiger partial charge in [0.25, 0.3) is 0 Å². The quantitative estimate of drug-likeness (QED) is 0.827. The van der Waals surface area contributed by atoms with Crippen LogP contribution >= 0.6 is 27.5 Å². The van der Waals surface area contributed by atoms with Gasteiger partial charge in [-0.15, -0.1) is 0 Å². The predicted molar refractivity (Wildman–Crippen MR) is 60.6 cm³/mol. The van der Waals surface area contributed by atoms with Gasteiger partial charge in [0.05, 0.1) is 13.2 Å². The Hall–Kier alpha value is -0.360. The standard InChI is InChI=1S/C9H11BrClNO3/c1-15-9-6(11)2-5(4-12-9)8(14)7(13)3-10/h2,4,7-8,13-14H,3H2,1H3. The second kappa shape index (κ2) is 5.65. The molecule has 0 radical (unpaired) electrons. The summed E-state index contributed by atoms with van der Waals surface area (Å²) in [7, 11) is 1.46. The fraction of sp³-hybridized carbons (Fsp3) is 0.444. The van der Waals surface area contributed by atoms with E-state index in [1.165, 1.54) is 19.4 Å². The van der Waals surface area contributed by atoms with Crippen molar-refractivity contribution < 1.29 is 14.9 Å². The molecule has 2 atom stereocenters. The molecule has 1 heterocycles. The zero-order chi connectivity index (χ0) is 11.4. The molecule has 1 aromatic heterocycles. The van der Waals surface area contributed by atoms with Crippen LogP contribution < -0.4 is 4.74 Å². The summed E-state index contributed by atoms with van der Waals surface area (Å²) in [5.41, 5.74) is 0.452. The molecule has 0 spiro atoms. The normalized spacial score (nSPS) is 14.7. The van der Waals surface area contributed by atoms with Crippen molar-refractivity contribution in [2.24, 2.45) is 0 Å². The third kappa shape index (κ3) is 3.04. The molecule has 0 amide bonds. The van der Waals surface area contributed by atoms with E-state index in [1.807, 2.05) is 0 Å². The summed E-state index contributed by atoms with van der Waals surface area (Å²) in [5, 5.41) is 19.6. The Bertz CT molecular complexity index is 337. The number of rotatable bonds is 4. The van der Waals surface area contributed by atoms with Crippen LogP contribution in [0.1, 0.15) is 11.7 Å². The maximum absolute atomic E-state index is 9.66. The van der Waals surface area contributed by atoms with Gasteiger partial charge in [0.2, 0.25) is 5.88 Å². The maximum Gasteiger partial charge on any atom is 0.232 e. The number of aliphatic hydroxyl groups is 2. The molecular formula is C9H11BrClNO3. The number of nitrogens with zero attached hydrogens (tertiary/aromatic N) is 1. The average molecular weight is 297 g/mol. The van der Waals surface area contributed by atoms with Gasteiger partial charge in [-0.3, -0.25) is 0 Å². The Morgan fingerprint density at radius 3 is 2.73 bits per heavy atom. The number of halogens is 2. The van der Waals surface area contributed by atoms with Gasteiger partial charge < -0.3 is 14.9 Å². The molecule has 0 bridgehead atoms. The van der Waals surface area contributed by atoms with E-state index in [4.69, 9.17) is 16.3 Å². The summed E-state index contributed by atoms with van der Waals surface area (Å²) >= 11 is 8.90. The lowest BCUT2D eigenvalue weighted by atomic mass is 10.1. The number of alkyl halides is 1. The molecule has 0 saturated heterocycles. The molecule has 0 saturated carbocycles. The maximum atomic E-state index is 9.66. The Morgan fingerprint density at radius 1 is 1.60 bits per heavy atom. The number of aliphatic hydroxyl groups excluding tert-OH is 2. The van der Waals surface area contributed by atoms with Gasteiger partial charge in [-0.05, 0) is 6.07 Å². The third-order valence-electron chi connectivity index (χ3n) is 1.89. The van der Waals surface area contributed by atoms with Crippen LogP contribution in [0.3, 0.4) is 0 Å². The van der Waals surface area contributed by atoms with E-state index in [9.17, 15) is 10.2 Å². The number of aromatic nitrogens is 1. The molecule has 0 aliphatic carbocycles. The highest BCUT2D eigenvalue weighted by atomic mass is 79.9. The summed E-state index contributed by atoms with van der Waals surface area (Å²) in [6.07, 6.45) is -0.488. The first-order valence-electron chi connectivity index (χ1n) is 4.21. The third-order valence-corrected chi connectivity index (χ3v) is 2.82. The minimum atomic E-state index is -1.01. The average Bonchev–Trinajstić information content (AvgIpc) is 2.26. The van der Waals surface area contributed by atoms with Crippen LogP contribution in [0, 0.1) is 0 Å². The molecule has 1 rings (SSSR count). The van der Waals surface area contributed by atoms with Crippen molar-refractivity contribution in [1.29, 1.82) is 0 Å². The molecule has 0 aromatic carbocycles. The second-order valence-corrected chi connectivity index (χ2v) is 3.98. The first-order valence-corrected chi connectivity index (χ1v) is 5.71. The van der Waals surface area contributed by atoms with E-state index in [0.717, 1.165) is 0 Å². The fourth-order valence-corrected chi connectivity index (χ4v) is 1.66. The number of hydrogen-bond acceptors (Lipinski definition) is 4. The van der Waals surface area contributed by atoms with E-state index >= 15 is 0 Å². The summed E-state index contributed by atoms with van der Waals surface area (Å²) < 4.78 is 4.87. The van der Waals surface area contributed by atoms with Crippen LogP contribution in [0.15, 0.2) is 12.3 Å². The largest absolute Gasteiger partial charge is 0.480 e. The summed E-state index contributed by atoms with van der Waals surface area (Å²) in [4.78, 5) is 3.89. The molecule has 84 valence electrons. The number of hydrogen-bond donors (Lipinski definition) is 2. The van der Waals surface area contributed by atoms with Crippen molar-refractivity contribution >= 4 is 27.5 Å². The molecule has 0 aliphatic heterocycles. The van der Waals surface area contributed by atoms with Gasteiger partial charge in [0.15, 0.2) is 0 Å². The van der Waals surface area contributed by atoms with Gasteiger partial charge >= 0.3 is 0 Å². The first kappa shape index (κ1) is 12.7. The summed E-state index contributed by atoms with van der Waals surface area (Å²) in [5.74, 6) is 0.293. The Labute approximate surface area is 101 Å². The molecule has 6 heteroatoms. The second-order valence-electron chi connectivity index (χ2n) is 2.93. The van der Waals surface area contributed by atoms with Gasteiger partial charge in [0.1, 0.15) is 11.1 Å². The number of methoxy groups -OCH3 is 1. The Kier molecular flexibility index (Phi) is 4.79. The van der Waals surface area contributed by atoms with E-state index in [1.54, 1.807) is 0 Å². The van der Waals surface area contributed by atoms with Gasteiger partial charge in [-0.1, -0.05) is 27.5 Å². The zero-order valence-corrected chi connectivity index (χ0v) is 10.4. The summed E-state index contributed by atoms with van der Waals surface area (Å²) in [6, 6.07) is 1.52. The lowest BCUT2D eigenvalue weighted by Crippen LogP contribution is -2.19. The minimum Gasteiger partial charge on any atom is -0.480 e. The number of ether oxygens (including phenoxy) is 1. The SMILES string of the molecule is COc1ncc(C(O)C(O)CBr)cc1Cl. The highest BCUT2D eigenvalue weighted by Crippen LogP contribution is 2.26. The van der Waals surface area contributed by atoms with E-state index in [2.05, 4.69) is 20.9 Å². The van der Waals surface area contributed by atoms with Crippen molar-refractivity contribution in [1.82, 2.24) is 4.98 Å². The lowest BCUT2D eigenvalue weighted by molar-refractivity contribution is 0.0340. The molecule has 0 fully saturated rings. The Balaban J connectivity index is 2.92. The zero-order valence-electron chi connectivity index (χ0n) is 8.02. The Morgan fingerprint density at radius 2 is 2.27 bits per heavy atom. The predicted octanol–water partition coefficient (Wildman–Crippen LogP) is 1.53. The first-order chi connectivity index (χ1) is 7.10. The highest BCUT2D eigenvalue weighted by molar-refractivity contribution is 9.09. The molecule has 0 aliphatic rings. The van der Waals surface area contributed by atoms with Crippen molar-refractivity contribution in [3.63, 3.8) is 0 Å². The minimum absolute atomic E-state index is 0.276. The van der Waals surface area contributed by atoms with Crippen molar-refractivity contribution in [3.05, 3.63) is 22.8 Å². The molecule has 4 nitrogen and oxygen atoms in total. The topological polar surface area (TPSA) is 62.6 Å². The van der Waals surface area contributed by atoms with E-state index < -0.39 is 12.2 Å². The van der Waals surface area contributed by atoms with Crippen LogP contribution in [0.5, 0.6) is 5.88 Å². The molecule has 15 heavy (non-hydrogen) atoms. The fourth-order valence-electron chi connectivity index (χ4n) is 1.06. The van der Waals surface area contributed by atoms with E-state index in [0.29, 0.717) is 16.5 Å². The molecule has 2 unspecified atom stereocenters. The molecule has 2 N–H and O–H groups in total. The van der Waals surface area contributed by atoms with Crippen LogP contribution in [0.25, 0.3) is 0 Å². The van der Waals surface area contributed by atoms with Crippen molar-refractivity contribution in [3.8, 4) is 5.88 Å². The number of pyridine rings is 1. The van der Waals surface area contributed by atoms with Crippen LogP contribution in [0.2, 0.25) is 5.02 Å². The smallest absolute Gasteiger partial charge is 0.232 e. The van der Waals surface area contributed by atoms with Crippen LogP contribution in [0.4, 0.5) is 0 Å². The van der Waals surface area contributed by atoms with Crippen molar-refractivity contribution in [2.75, 3.05) is 12.4 Å². The van der Waals surface area contributed by atoms with Gasteiger partial charge in [0, 0.05) is 17.1 Å². The highest BCUT2D eigenvalue weighted by Gasteiger charge is 2.18. The van der Waals surface area contributed by atoms with Gasteiger partial charge in [-0.25, -0.2) is 4.98 Å². The van der Waals surface area contributed by atoms with E-state index in [-0.39, 0.29) is 5.33 Å². The van der Waals surface area contributed by atoms with Crippen LogP contribution in [-0.2, 0) is 0 Å². The lowest BCUT2D eigenvalue weighted by Gasteiger charge is -2.16. The summed E-state index contributed by atoms with van der Waals surface area (Å²) in [6.45, 7) is 0. The monoisotopic (exact) mass is 295 g/mol. The van der Waals surface area contributed by atoms with Crippen molar-refractivity contribution in [2.45, 2.75) is 12.2 Å². The van der Waals surface area contributed by atoms with Crippen LogP contribution in [-0.4, -0.2) is 33.7 Å². The van der Waals surface area contributed by atoms with Gasteiger partial charge in [-0.2, -0.15) is 0 Å². The molecular weight excluding hydrogens is 285 g/mol.